The Balaban J connectivity index is 1.74. The predicted octanol–water partition coefficient (Wildman–Crippen LogP) is 3.38. The number of carbonyl (C=O) groups excluding carboxylic acids is 2. The van der Waals surface area contributed by atoms with Crippen molar-refractivity contribution in [1.29, 1.82) is 0 Å². The number of benzene rings is 2. The molecule has 6 heteroatoms. The summed E-state index contributed by atoms with van der Waals surface area (Å²) in [7, 11) is 0. The molecule has 0 spiro atoms. The van der Waals surface area contributed by atoms with Crippen LogP contribution in [0.4, 0.5) is 4.79 Å². The van der Waals surface area contributed by atoms with Gasteiger partial charge < -0.3 is 14.8 Å². The van der Waals surface area contributed by atoms with Gasteiger partial charge in [-0.05, 0) is 17.7 Å². The molecule has 1 atom stereocenters. The topological polar surface area (TPSA) is 64.6 Å². The molecule has 2 aromatic rings. The Morgan fingerprint density at radius 3 is 2.25 bits per heavy atom. The molecule has 0 fully saturated rings. The minimum absolute atomic E-state index is 0.0670. The van der Waals surface area contributed by atoms with Crippen molar-refractivity contribution in [2.24, 2.45) is 0 Å². The smallest absolute Gasteiger partial charge is 0.407 e. The summed E-state index contributed by atoms with van der Waals surface area (Å²) < 4.78 is 10.3. The molecule has 0 bridgehead atoms. The molecular weight excluding hydrogens is 330 g/mol. The molecule has 1 N–H and O–H groups in total. The van der Waals surface area contributed by atoms with Crippen LogP contribution >= 0.6 is 11.6 Å². The van der Waals surface area contributed by atoms with Crippen LogP contribution < -0.4 is 5.32 Å². The number of alkyl carbamates (subject to hydrolysis) is 1. The van der Waals surface area contributed by atoms with Crippen LogP contribution in [0, 0.1) is 0 Å². The van der Waals surface area contributed by atoms with E-state index in [0.29, 0.717) is 5.56 Å². The number of ether oxygens (including phenoxy) is 2. The van der Waals surface area contributed by atoms with Crippen LogP contribution in [-0.4, -0.2) is 30.6 Å². The monoisotopic (exact) mass is 347 g/mol. The van der Waals surface area contributed by atoms with Crippen molar-refractivity contribution in [3.63, 3.8) is 0 Å². The first kappa shape index (κ1) is 17.8. The van der Waals surface area contributed by atoms with Crippen LogP contribution in [0.1, 0.15) is 15.9 Å². The molecule has 2 rings (SSSR count). The van der Waals surface area contributed by atoms with E-state index in [0.717, 1.165) is 5.56 Å². The number of alkyl halides is 1. The summed E-state index contributed by atoms with van der Waals surface area (Å²) in [5.41, 5.74) is 1.32. The normalized spacial score (nSPS) is 11.4. The van der Waals surface area contributed by atoms with Gasteiger partial charge in [0.2, 0.25) is 0 Å². The number of amides is 1. The van der Waals surface area contributed by atoms with Gasteiger partial charge in [0.15, 0.2) is 0 Å². The highest BCUT2D eigenvalue weighted by molar-refractivity contribution is 6.18. The molecule has 24 heavy (non-hydrogen) atoms. The van der Waals surface area contributed by atoms with Gasteiger partial charge in [-0.1, -0.05) is 48.5 Å². The minimum atomic E-state index is -0.636. The van der Waals surface area contributed by atoms with E-state index < -0.39 is 18.2 Å². The van der Waals surface area contributed by atoms with Crippen LogP contribution in [0.25, 0.3) is 0 Å². The summed E-state index contributed by atoms with van der Waals surface area (Å²) >= 11 is 5.79. The fraction of sp³-hybridized carbons (Fsp3) is 0.222. The molecular formula is C18H18ClNO4. The molecule has 0 aliphatic rings. The first-order chi connectivity index (χ1) is 11.7. The van der Waals surface area contributed by atoms with E-state index >= 15 is 0 Å². The lowest BCUT2D eigenvalue weighted by Crippen LogP contribution is -2.36. The Bertz CT molecular complexity index is 649. The maximum atomic E-state index is 11.9. The average molecular weight is 348 g/mol. The first-order valence-corrected chi connectivity index (χ1v) is 7.99. The number of halogens is 1. The van der Waals surface area contributed by atoms with Crippen molar-refractivity contribution in [3.8, 4) is 0 Å². The molecule has 0 aliphatic carbocycles. The van der Waals surface area contributed by atoms with Gasteiger partial charge in [-0.15, -0.1) is 11.6 Å². The SMILES string of the molecule is O=C(NC[C@@H](CCl)OC(=O)c1ccccc1)OCc1ccccc1. The van der Waals surface area contributed by atoms with Crippen molar-refractivity contribution in [2.45, 2.75) is 12.7 Å². The van der Waals surface area contributed by atoms with Gasteiger partial charge in [0, 0.05) is 0 Å². The first-order valence-electron chi connectivity index (χ1n) is 7.45. The quantitative estimate of drug-likeness (QED) is 0.616. The summed E-state index contributed by atoms with van der Waals surface area (Å²) in [6.45, 7) is 0.248. The predicted molar refractivity (Wildman–Crippen MR) is 91.0 cm³/mol. The van der Waals surface area contributed by atoms with Crippen LogP contribution in [0.15, 0.2) is 60.7 Å². The second-order valence-corrected chi connectivity index (χ2v) is 5.30. The van der Waals surface area contributed by atoms with Crippen molar-refractivity contribution in [1.82, 2.24) is 5.32 Å². The van der Waals surface area contributed by atoms with Gasteiger partial charge in [-0.25, -0.2) is 9.59 Å². The van der Waals surface area contributed by atoms with Gasteiger partial charge in [-0.2, -0.15) is 0 Å². The zero-order chi connectivity index (χ0) is 17.2. The van der Waals surface area contributed by atoms with E-state index in [1.54, 1.807) is 30.3 Å². The molecule has 0 saturated heterocycles. The van der Waals surface area contributed by atoms with Crippen molar-refractivity contribution >= 4 is 23.7 Å². The molecule has 0 heterocycles. The Morgan fingerprint density at radius 1 is 1.00 bits per heavy atom. The van der Waals surface area contributed by atoms with Gasteiger partial charge in [0.1, 0.15) is 12.7 Å². The van der Waals surface area contributed by atoms with Crippen molar-refractivity contribution in [3.05, 3.63) is 71.8 Å². The lowest BCUT2D eigenvalue weighted by Gasteiger charge is -2.16. The third kappa shape index (κ3) is 5.93. The Morgan fingerprint density at radius 2 is 1.62 bits per heavy atom. The third-order valence-corrected chi connectivity index (χ3v) is 3.49. The van der Waals surface area contributed by atoms with E-state index in [-0.39, 0.29) is 19.0 Å². The minimum Gasteiger partial charge on any atom is -0.456 e. The highest BCUT2D eigenvalue weighted by atomic mass is 35.5. The summed E-state index contributed by atoms with van der Waals surface area (Å²) in [4.78, 5) is 23.6. The lowest BCUT2D eigenvalue weighted by atomic mass is 10.2. The highest BCUT2D eigenvalue weighted by Gasteiger charge is 2.16. The molecule has 0 saturated carbocycles. The average Bonchev–Trinajstić information content (AvgIpc) is 2.64. The van der Waals surface area contributed by atoms with Crippen LogP contribution in [-0.2, 0) is 16.1 Å². The number of esters is 1. The van der Waals surface area contributed by atoms with Crippen LogP contribution in [0.3, 0.4) is 0 Å². The second-order valence-electron chi connectivity index (χ2n) is 4.99. The second kappa shape index (κ2) is 9.57. The molecule has 2 aromatic carbocycles. The highest BCUT2D eigenvalue weighted by Crippen LogP contribution is 2.05. The van der Waals surface area contributed by atoms with Crippen molar-refractivity contribution in [2.75, 3.05) is 12.4 Å². The lowest BCUT2D eigenvalue weighted by molar-refractivity contribution is 0.0343. The Kier molecular flexibility index (Phi) is 7.11. The standard InChI is InChI=1S/C18H18ClNO4/c19-11-16(24-17(21)15-9-5-2-6-10-15)12-20-18(22)23-13-14-7-3-1-4-8-14/h1-10,16H,11-13H2,(H,20,22)/t16-/m1/s1. The molecule has 1 amide bonds. The molecule has 0 unspecified atom stereocenters. The van der Waals surface area contributed by atoms with E-state index in [1.807, 2.05) is 30.3 Å². The van der Waals surface area contributed by atoms with Crippen LogP contribution in [0.5, 0.6) is 0 Å². The molecule has 126 valence electrons. The van der Waals surface area contributed by atoms with Crippen molar-refractivity contribution < 1.29 is 19.1 Å². The number of hydrogen-bond donors (Lipinski definition) is 1. The maximum absolute atomic E-state index is 11.9. The summed E-state index contributed by atoms with van der Waals surface area (Å²) in [5, 5.41) is 2.54. The third-order valence-electron chi connectivity index (χ3n) is 3.14. The molecule has 0 radical (unpaired) electrons. The maximum Gasteiger partial charge on any atom is 0.407 e. The number of rotatable bonds is 7. The molecule has 5 nitrogen and oxygen atoms in total. The summed E-state index contributed by atoms with van der Waals surface area (Å²) in [6.07, 6.45) is -1.23. The molecule has 0 aliphatic heterocycles. The number of nitrogens with one attached hydrogen (secondary N) is 1. The fourth-order valence-electron chi connectivity index (χ4n) is 1.89. The van der Waals surface area contributed by atoms with E-state index in [1.165, 1.54) is 0 Å². The summed E-state index contributed by atoms with van der Waals surface area (Å²) in [5.74, 6) is -0.418. The van der Waals surface area contributed by atoms with Gasteiger partial charge in [-0.3, -0.25) is 0 Å². The van der Waals surface area contributed by atoms with Gasteiger partial charge in [0.25, 0.3) is 0 Å². The number of hydrogen-bond acceptors (Lipinski definition) is 4. The largest absolute Gasteiger partial charge is 0.456 e. The fourth-order valence-corrected chi connectivity index (χ4v) is 2.06. The zero-order valence-corrected chi connectivity index (χ0v) is 13.7. The summed E-state index contributed by atoms with van der Waals surface area (Å²) in [6, 6.07) is 17.9. The zero-order valence-electron chi connectivity index (χ0n) is 13.0. The van der Waals surface area contributed by atoms with E-state index in [2.05, 4.69) is 5.32 Å². The number of carbonyl (C=O) groups is 2. The van der Waals surface area contributed by atoms with E-state index in [4.69, 9.17) is 21.1 Å². The molecule has 0 aromatic heterocycles. The van der Waals surface area contributed by atoms with Gasteiger partial charge in [0.05, 0.1) is 18.0 Å². The van der Waals surface area contributed by atoms with E-state index in [9.17, 15) is 9.59 Å². The van der Waals surface area contributed by atoms with Crippen LogP contribution in [0.2, 0.25) is 0 Å². The Hall–Kier alpha value is -2.53. The van der Waals surface area contributed by atoms with Gasteiger partial charge >= 0.3 is 12.1 Å². The Labute approximate surface area is 145 Å².